The van der Waals surface area contributed by atoms with Gasteiger partial charge in [-0.2, -0.15) is 30.7 Å². The molecule has 0 unspecified atom stereocenters. The predicted octanol–water partition coefficient (Wildman–Crippen LogP) is 3.97. The molecule has 0 aliphatic carbocycles. The maximum Gasteiger partial charge on any atom is 0.460 e. The van der Waals surface area contributed by atoms with Gasteiger partial charge >= 0.3 is 23.3 Å². The summed E-state index contributed by atoms with van der Waals surface area (Å²) in [4.78, 5) is 19.1. The molecule has 6 nitrogen and oxygen atoms in total. The fraction of sp³-hybridized carbons (Fsp3) is 0.364. The van der Waals surface area contributed by atoms with Crippen LogP contribution in [0.1, 0.15) is 0 Å². The van der Waals surface area contributed by atoms with Crippen LogP contribution in [-0.2, 0) is 4.79 Å². The number of carboxylic acids is 1. The molecular weight excluding hydrogens is 389 g/mol. The van der Waals surface area contributed by atoms with E-state index in [0.29, 0.717) is 18.2 Å². The van der Waals surface area contributed by atoms with E-state index in [1.54, 1.807) is 0 Å². The van der Waals surface area contributed by atoms with E-state index < -0.39 is 62.8 Å². The fourth-order valence-corrected chi connectivity index (χ4v) is 2.27. The zero-order chi connectivity index (χ0) is 19.6. The van der Waals surface area contributed by atoms with Crippen molar-refractivity contribution in [1.82, 2.24) is 0 Å². The summed E-state index contributed by atoms with van der Waals surface area (Å²) in [5, 5.41) is 15.7. The number of halogens is 7. The van der Waals surface area contributed by atoms with E-state index in [-0.39, 0.29) is 0 Å². The summed E-state index contributed by atoms with van der Waals surface area (Å²) >= 11 is -1.21. The summed E-state index contributed by atoms with van der Waals surface area (Å²) in [5.41, 5.74) is -1.42. The van der Waals surface area contributed by atoms with Gasteiger partial charge in [0.1, 0.15) is 12.2 Å². The zero-order valence-electron chi connectivity index (χ0n) is 11.6. The number of rotatable bonds is 7. The monoisotopic (exact) mass is 396 g/mol. The number of carbonyl (C=O) groups is 1. The van der Waals surface area contributed by atoms with Crippen molar-refractivity contribution in [3.8, 4) is 0 Å². The van der Waals surface area contributed by atoms with Crippen LogP contribution in [0.3, 0.4) is 0 Å². The van der Waals surface area contributed by atoms with E-state index in [4.69, 9.17) is 5.11 Å². The number of nitro groups is 1. The molecule has 0 aromatic heterocycles. The van der Waals surface area contributed by atoms with Crippen molar-refractivity contribution < 1.29 is 45.6 Å². The van der Waals surface area contributed by atoms with E-state index in [1.807, 2.05) is 0 Å². The molecule has 2 N–H and O–H groups in total. The van der Waals surface area contributed by atoms with E-state index in [2.05, 4.69) is 5.32 Å². The number of alkyl halides is 7. The van der Waals surface area contributed by atoms with Crippen LogP contribution < -0.4 is 5.32 Å². The van der Waals surface area contributed by atoms with Crippen molar-refractivity contribution in [2.45, 2.75) is 22.2 Å². The first-order valence-corrected chi connectivity index (χ1v) is 6.76. The molecule has 0 saturated heterocycles. The quantitative estimate of drug-likeness (QED) is 0.314. The Kier molecular flexibility index (Phi) is 5.77. The maximum atomic E-state index is 13.3. The Hall–Kier alpha value is -2.25. The second-order valence-corrected chi connectivity index (χ2v) is 5.56. The van der Waals surface area contributed by atoms with Crippen LogP contribution in [-0.4, -0.2) is 39.9 Å². The van der Waals surface area contributed by atoms with Gasteiger partial charge in [0, 0.05) is 11.0 Å². The van der Waals surface area contributed by atoms with E-state index in [1.165, 1.54) is 0 Å². The maximum absolute atomic E-state index is 13.3. The van der Waals surface area contributed by atoms with Gasteiger partial charge in [0.15, 0.2) is 0 Å². The van der Waals surface area contributed by atoms with Crippen molar-refractivity contribution in [1.29, 1.82) is 0 Å². The molecule has 0 aliphatic heterocycles. The topological polar surface area (TPSA) is 92.5 Å². The molecule has 0 fully saturated rings. The van der Waals surface area contributed by atoms with Gasteiger partial charge in [0.05, 0.1) is 4.92 Å². The summed E-state index contributed by atoms with van der Waals surface area (Å²) in [5.74, 6) is -7.79. The Morgan fingerprint density at radius 1 is 1.20 bits per heavy atom. The lowest BCUT2D eigenvalue weighted by atomic mass is 10.2. The third-order valence-corrected chi connectivity index (χ3v) is 3.57. The Morgan fingerprint density at radius 3 is 2.20 bits per heavy atom. The van der Waals surface area contributed by atoms with Crippen LogP contribution in [0, 0.1) is 10.1 Å². The molecule has 0 saturated carbocycles. The summed E-state index contributed by atoms with van der Waals surface area (Å²) in [6.45, 7) is -0.782. The third-order valence-electron chi connectivity index (χ3n) is 2.56. The molecule has 1 aromatic carbocycles. The van der Waals surface area contributed by atoms with Crippen LogP contribution in [0.25, 0.3) is 0 Å². The second-order valence-electron chi connectivity index (χ2n) is 4.37. The Bertz CT molecular complexity index is 681. The highest BCUT2D eigenvalue weighted by Crippen LogP contribution is 2.54. The molecule has 0 spiro atoms. The number of aliphatic carboxylic acids is 1. The Labute approximate surface area is 138 Å². The van der Waals surface area contributed by atoms with Gasteiger partial charge in [0.25, 0.3) is 5.69 Å². The number of thioether (sulfide) groups is 1. The number of hydrogen-bond donors (Lipinski definition) is 2. The molecule has 0 aliphatic rings. The standard InChI is InChI=1S/C11H7F7N2O4S/c12-9(13,10(14,15)16)11(17,18)25-5-1-2-6(19-4-8(21)22)7(3-5)20(23)24/h1-3,19H,4H2,(H,21,22). The largest absolute Gasteiger partial charge is 0.480 e. The highest BCUT2D eigenvalue weighted by atomic mass is 32.2. The highest BCUT2D eigenvalue weighted by Gasteiger charge is 2.73. The number of nitrogens with zero attached hydrogens (tertiary/aromatic N) is 1. The summed E-state index contributed by atoms with van der Waals surface area (Å²) in [7, 11) is 0. The molecule has 140 valence electrons. The molecule has 0 atom stereocenters. The minimum absolute atomic E-state index is 0.329. The Morgan fingerprint density at radius 2 is 1.76 bits per heavy atom. The smallest absolute Gasteiger partial charge is 0.460 e. The van der Waals surface area contributed by atoms with Crippen LogP contribution in [0.2, 0.25) is 0 Å². The average molecular weight is 396 g/mol. The summed E-state index contributed by atoms with van der Waals surface area (Å²) in [6, 6.07) is 1.66. The van der Waals surface area contributed by atoms with E-state index in [0.717, 1.165) is 0 Å². The first kappa shape index (κ1) is 20.8. The van der Waals surface area contributed by atoms with Crippen molar-refractivity contribution in [2.24, 2.45) is 0 Å². The van der Waals surface area contributed by atoms with Gasteiger partial charge in [-0.3, -0.25) is 14.9 Å². The van der Waals surface area contributed by atoms with E-state index >= 15 is 0 Å². The number of anilines is 1. The third kappa shape index (κ3) is 4.64. The summed E-state index contributed by atoms with van der Waals surface area (Å²) in [6.07, 6.45) is -6.53. The minimum Gasteiger partial charge on any atom is -0.480 e. The first-order valence-electron chi connectivity index (χ1n) is 5.94. The normalized spacial score (nSPS) is 12.8. The summed E-state index contributed by atoms with van der Waals surface area (Å²) < 4.78 is 88.5. The number of carboxylic acid groups (broad SMARTS) is 1. The average Bonchev–Trinajstić information content (AvgIpc) is 2.43. The van der Waals surface area contributed by atoms with Crippen LogP contribution in [0.5, 0.6) is 0 Å². The lowest BCUT2D eigenvalue weighted by molar-refractivity contribution is -0.384. The van der Waals surface area contributed by atoms with Crippen LogP contribution in [0.15, 0.2) is 23.1 Å². The molecular formula is C11H7F7N2O4S. The van der Waals surface area contributed by atoms with Crippen molar-refractivity contribution in [3.05, 3.63) is 28.3 Å². The molecule has 0 amide bonds. The van der Waals surface area contributed by atoms with E-state index in [9.17, 15) is 45.6 Å². The fourth-order valence-electron chi connectivity index (χ4n) is 1.42. The molecule has 0 radical (unpaired) electrons. The van der Waals surface area contributed by atoms with Crippen molar-refractivity contribution >= 4 is 29.1 Å². The number of nitrogens with one attached hydrogen (secondary N) is 1. The number of nitro benzene ring substituents is 1. The Balaban J connectivity index is 3.17. The van der Waals surface area contributed by atoms with Gasteiger partial charge in [0.2, 0.25) is 0 Å². The predicted molar refractivity (Wildman–Crippen MR) is 71.0 cm³/mol. The zero-order valence-corrected chi connectivity index (χ0v) is 12.4. The second kappa shape index (κ2) is 6.93. The van der Waals surface area contributed by atoms with Gasteiger partial charge < -0.3 is 10.4 Å². The highest BCUT2D eigenvalue weighted by molar-refractivity contribution is 8.00. The van der Waals surface area contributed by atoms with Crippen LogP contribution >= 0.6 is 11.8 Å². The number of hydrogen-bond acceptors (Lipinski definition) is 5. The molecule has 0 bridgehead atoms. The van der Waals surface area contributed by atoms with Gasteiger partial charge in [-0.15, -0.1) is 0 Å². The van der Waals surface area contributed by atoms with Crippen LogP contribution in [0.4, 0.5) is 42.1 Å². The molecule has 1 aromatic rings. The molecule has 14 heteroatoms. The van der Waals surface area contributed by atoms with Crippen molar-refractivity contribution in [3.63, 3.8) is 0 Å². The lowest BCUT2D eigenvalue weighted by Gasteiger charge is -2.27. The number of benzene rings is 1. The first-order chi connectivity index (χ1) is 11.2. The van der Waals surface area contributed by atoms with Gasteiger partial charge in [-0.25, -0.2) is 0 Å². The van der Waals surface area contributed by atoms with Gasteiger partial charge in [-0.1, -0.05) is 0 Å². The minimum atomic E-state index is -6.53. The lowest BCUT2D eigenvalue weighted by Crippen LogP contribution is -2.49. The SMILES string of the molecule is O=C(O)CNc1ccc(SC(F)(F)C(F)(F)C(F)(F)F)cc1[N+](=O)[O-]. The van der Waals surface area contributed by atoms with Gasteiger partial charge in [-0.05, 0) is 23.9 Å². The molecule has 0 heterocycles. The molecule has 25 heavy (non-hydrogen) atoms. The van der Waals surface area contributed by atoms with Crippen molar-refractivity contribution in [2.75, 3.05) is 11.9 Å². The molecule has 1 rings (SSSR count).